The van der Waals surface area contributed by atoms with Gasteiger partial charge in [0, 0.05) is 36.6 Å². The van der Waals surface area contributed by atoms with Crippen LogP contribution in [-0.4, -0.2) is 26.1 Å². The molecule has 0 saturated carbocycles. The molecular formula is C28H29N5O. The van der Waals surface area contributed by atoms with Gasteiger partial charge in [-0.1, -0.05) is 48.5 Å². The van der Waals surface area contributed by atoms with Crippen LogP contribution in [0.15, 0.2) is 77.9 Å². The van der Waals surface area contributed by atoms with Gasteiger partial charge in [0.1, 0.15) is 0 Å². The first-order valence-corrected chi connectivity index (χ1v) is 11.6. The molecule has 0 unspecified atom stereocenters. The fourth-order valence-corrected chi connectivity index (χ4v) is 4.59. The number of aromatic nitrogens is 3. The van der Waals surface area contributed by atoms with Crippen LogP contribution < -0.4 is 10.5 Å². The minimum atomic E-state index is 0.0255. The van der Waals surface area contributed by atoms with Crippen molar-refractivity contribution in [1.29, 1.82) is 0 Å². The van der Waals surface area contributed by atoms with Gasteiger partial charge in [-0.2, -0.15) is 0 Å². The van der Waals surface area contributed by atoms with Gasteiger partial charge in [0.25, 0.3) is 5.56 Å². The van der Waals surface area contributed by atoms with Gasteiger partial charge < -0.3 is 0 Å². The Labute approximate surface area is 200 Å². The van der Waals surface area contributed by atoms with Gasteiger partial charge in [-0.3, -0.25) is 24.1 Å². The van der Waals surface area contributed by atoms with Crippen LogP contribution in [0.1, 0.15) is 33.5 Å². The highest BCUT2D eigenvalue weighted by molar-refractivity contribution is 5.64. The van der Waals surface area contributed by atoms with Gasteiger partial charge in [0.2, 0.25) is 5.95 Å². The van der Waals surface area contributed by atoms with Crippen molar-refractivity contribution in [3.63, 3.8) is 0 Å². The summed E-state index contributed by atoms with van der Waals surface area (Å²) in [7, 11) is 0. The van der Waals surface area contributed by atoms with Crippen LogP contribution in [0.2, 0.25) is 0 Å². The summed E-state index contributed by atoms with van der Waals surface area (Å²) in [6.45, 7) is 8.02. The number of anilines is 2. The molecular weight excluding hydrogens is 422 g/mol. The number of pyridine rings is 1. The predicted octanol–water partition coefficient (Wildman–Crippen LogP) is 4.72. The molecule has 0 saturated heterocycles. The van der Waals surface area contributed by atoms with Crippen LogP contribution in [0.25, 0.3) is 0 Å². The predicted molar refractivity (Wildman–Crippen MR) is 135 cm³/mol. The van der Waals surface area contributed by atoms with Gasteiger partial charge in [-0.25, -0.2) is 4.98 Å². The largest absolute Gasteiger partial charge is 0.298 e. The Morgan fingerprint density at radius 3 is 2.44 bits per heavy atom. The summed E-state index contributed by atoms with van der Waals surface area (Å²) in [5.74, 6) is 0.704. The first kappa shape index (κ1) is 22.0. The lowest BCUT2D eigenvalue weighted by molar-refractivity contribution is 0.189. The van der Waals surface area contributed by atoms with Crippen LogP contribution >= 0.6 is 0 Å². The molecule has 2 aromatic carbocycles. The van der Waals surface area contributed by atoms with Crippen molar-refractivity contribution in [2.75, 3.05) is 11.6 Å². The molecule has 0 N–H and O–H groups in total. The van der Waals surface area contributed by atoms with Gasteiger partial charge in [0.05, 0.1) is 19.0 Å². The second kappa shape index (κ2) is 9.23. The summed E-state index contributed by atoms with van der Waals surface area (Å²) >= 11 is 0. The number of hydrogen-bond donors (Lipinski definition) is 0. The molecule has 5 rings (SSSR count). The monoisotopic (exact) mass is 451 g/mol. The Morgan fingerprint density at radius 1 is 0.882 bits per heavy atom. The average molecular weight is 452 g/mol. The van der Waals surface area contributed by atoms with Crippen molar-refractivity contribution in [1.82, 2.24) is 19.4 Å². The maximum Gasteiger partial charge on any atom is 0.259 e. The maximum atomic E-state index is 13.8. The number of rotatable bonds is 5. The lowest BCUT2D eigenvalue weighted by atomic mass is 10.0. The van der Waals surface area contributed by atoms with E-state index in [0.29, 0.717) is 32.3 Å². The van der Waals surface area contributed by atoms with E-state index in [-0.39, 0.29) is 5.56 Å². The Balaban J connectivity index is 1.61. The first-order chi connectivity index (χ1) is 16.5. The zero-order valence-corrected chi connectivity index (χ0v) is 19.9. The Kier molecular flexibility index (Phi) is 5.99. The molecule has 0 bridgehead atoms. The van der Waals surface area contributed by atoms with Gasteiger partial charge in [0.15, 0.2) is 0 Å². The molecule has 6 nitrogen and oxygen atoms in total. The van der Waals surface area contributed by atoms with Crippen molar-refractivity contribution < 1.29 is 0 Å². The van der Waals surface area contributed by atoms with Crippen molar-refractivity contribution in [3.05, 3.63) is 117 Å². The van der Waals surface area contributed by atoms with Crippen LogP contribution in [-0.2, 0) is 19.6 Å². The van der Waals surface area contributed by atoms with Crippen molar-refractivity contribution >= 4 is 11.6 Å². The zero-order valence-electron chi connectivity index (χ0n) is 19.9. The molecule has 3 heterocycles. The summed E-state index contributed by atoms with van der Waals surface area (Å²) < 4.78 is 1.83. The molecule has 0 aliphatic carbocycles. The van der Waals surface area contributed by atoms with E-state index in [1.807, 2.05) is 42.0 Å². The van der Waals surface area contributed by atoms with Gasteiger partial charge in [-0.15, -0.1) is 0 Å². The molecule has 1 aliphatic rings. The lowest BCUT2D eigenvalue weighted by Gasteiger charge is -2.39. The highest BCUT2D eigenvalue weighted by Crippen LogP contribution is 2.32. The summed E-state index contributed by atoms with van der Waals surface area (Å²) in [6.07, 6.45) is 4.24. The summed E-state index contributed by atoms with van der Waals surface area (Å²) in [5, 5.41) is 0. The van der Waals surface area contributed by atoms with Crippen LogP contribution in [0.5, 0.6) is 0 Å². The average Bonchev–Trinajstić information content (AvgIpc) is 2.85. The third-order valence-electron chi connectivity index (χ3n) is 6.59. The molecule has 0 spiro atoms. The normalized spacial score (nSPS) is 13.7. The van der Waals surface area contributed by atoms with E-state index < -0.39 is 0 Å². The Hall–Kier alpha value is -3.77. The lowest BCUT2D eigenvalue weighted by Crippen LogP contribution is -2.47. The van der Waals surface area contributed by atoms with Gasteiger partial charge >= 0.3 is 0 Å². The number of aryl methyl sites for hydroxylation is 2. The van der Waals surface area contributed by atoms with Crippen molar-refractivity contribution in [2.45, 2.75) is 40.4 Å². The molecule has 0 fully saturated rings. The second-order valence-corrected chi connectivity index (χ2v) is 8.99. The quantitative estimate of drug-likeness (QED) is 0.439. The van der Waals surface area contributed by atoms with Crippen molar-refractivity contribution in [3.8, 4) is 0 Å². The number of nitrogens with zero attached hydrogens (tertiary/aromatic N) is 5. The second-order valence-electron chi connectivity index (χ2n) is 8.99. The molecule has 172 valence electrons. The smallest absolute Gasteiger partial charge is 0.259 e. The zero-order chi connectivity index (χ0) is 23.7. The summed E-state index contributed by atoms with van der Waals surface area (Å²) in [5.41, 5.74) is 7.27. The van der Waals surface area contributed by atoms with E-state index in [1.165, 1.54) is 11.1 Å². The molecule has 2 aromatic heterocycles. The summed E-state index contributed by atoms with van der Waals surface area (Å²) in [6, 6.07) is 20.4. The van der Waals surface area contributed by atoms with E-state index in [0.717, 1.165) is 28.1 Å². The first-order valence-electron chi connectivity index (χ1n) is 11.6. The molecule has 6 heteroatoms. The Morgan fingerprint density at radius 2 is 1.68 bits per heavy atom. The molecule has 1 aliphatic heterocycles. The van der Waals surface area contributed by atoms with Gasteiger partial charge in [-0.05, 0) is 55.2 Å². The van der Waals surface area contributed by atoms with Crippen LogP contribution in [0, 0.1) is 20.8 Å². The molecule has 34 heavy (non-hydrogen) atoms. The van der Waals surface area contributed by atoms with E-state index in [4.69, 9.17) is 4.98 Å². The number of benzene rings is 2. The topological polar surface area (TPSA) is 54.3 Å². The third kappa shape index (κ3) is 4.24. The summed E-state index contributed by atoms with van der Waals surface area (Å²) in [4.78, 5) is 27.5. The van der Waals surface area contributed by atoms with E-state index in [1.54, 1.807) is 6.20 Å². The Bertz CT molecular complexity index is 1370. The fourth-order valence-electron chi connectivity index (χ4n) is 4.59. The fraction of sp³-hybridized carbons (Fsp3) is 0.250. The highest BCUT2D eigenvalue weighted by Gasteiger charge is 2.29. The van der Waals surface area contributed by atoms with E-state index in [2.05, 4.69) is 65.0 Å². The van der Waals surface area contributed by atoms with E-state index in [9.17, 15) is 4.79 Å². The maximum absolute atomic E-state index is 13.8. The highest BCUT2D eigenvalue weighted by atomic mass is 16.1. The van der Waals surface area contributed by atoms with E-state index >= 15 is 0 Å². The minimum absolute atomic E-state index is 0.0255. The molecule has 0 radical (unpaired) electrons. The molecule has 0 atom stereocenters. The minimum Gasteiger partial charge on any atom is -0.298 e. The third-order valence-corrected chi connectivity index (χ3v) is 6.59. The number of fused-ring (bicyclic) bond motifs is 1. The molecule has 0 amide bonds. The molecule has 4 aromatic rings. The standard InChI is InChI=1S/C28H29N5O/c1-20-9-7-13-26(21(20)2)32-18-31(17-24-12-8-14-29-16-24)19-33-27(34)25(22(3)30-28(32)33)15-23-10-5-4-6-11-23/h4-14,16H,15,17-19H2,1-3H3. The van der Waals surface area contributed by atoms with Crippen molar-refractivity contribution in [2.24, 2.45) is 0 Å². The SMILES string of the molecule is Cc1cccc(N2CN(Cc3cccnc3)Cn3c2nc(C)c(Cc2ccccc2)c3=O)c1C. The van der Waals surface area contributed by atoms with Crippen LogP contribution in [0.3, 0.4) is 0 Å². The number of hydrogen-bond acceptors (Lipinski definition) is 5. The van der Waals surface area contributed by atoms with Crippen LogP contribution in [0.4, 0.5) is 11.6 Å².